The molecule has 0 aliphatic rings. The molecule has 2 aromatic carbocycles. The summed E-state index contributed by atoms with van der Waals surface area (Å²) in [6.45, 7) is 6.12. The normalized spacial score (nSPS) is 10.7. The van der Waals surface area contributed by atoms with Gasteiger partial charge in [0.05, 0.1) is 5.39 Å². The number of aromatic nitrogens is 2. The van der Waals surface area contributed by atoms with Gasteiger partial charge in [-0.2, -0.15) is 5.10 Å². The van der Waals surface area contributed by atoms with Gasteiger partial charge in [0.25, 0.3) is 17.4 Å². The van der Waals surface area contributed by atoms with Crippen LogP contribution in [0.4, 0.5) is 0 Å². The largest absolute Gasteiger partial charge is 0.290 e. The van der Waals surface area contributed by atoms with Gasteiger partial charge >= 0.3 is 0 Å². The maximum absolute atomic E-state index is 12.7. The van der Waals surface area contributed by atoms with Crippen LogP contribution in [-0.2, 0) is 6.54 Å². The summed E-state index contributed by atoms with van der Waals surface area (Å²) in [6, 6.07) is 12.2. The molecule has 2 amide bonds. The maximum Gasteiger partial charge on any atom is 0.290 e. The summed E-state index contributed by atoms with van der Waals surface area (Å²) in [5, 5.41) is 5.07. The summed E-state index contributed by atoms with van der Waals surface area (Å²) in [5.74, 6) is -1.01. The molecule has 2 N–H and O–H groups in total. The van der Waals surface area contributed by atoms with Crippen molar-refractivity contribution in [3.63, 3.8) is 0 Å². The Balaban J connectivity index is 1.88. The second-order valence-corrected chi connectivity index (χ2v) is 6.71. The molecule has 144 valence electrons. The van der Waals surface area contributed by atoms with Crippen LogP contribution >= 0.6 is 0 Å². The van der Waals surface area contributed by atoms with E-state index < -0.39 is 11.8 Å². The minimum absolute atomic E-state index is 0.0874. The molecule has 0 atom stereocenters. The molecule has 0 fully saturated rings. The monoisotopic (exact) mass is 378 g/mol. The highest BCUT2D eigenvalue weighted by Crippen LogP contribution is 2.13. The van der Waals surface area contributed by atoms with Crippen molar-refractivity contribution in [3.8, 4) is 0 Å². The molecule has 0 saturated heterocycles. The predicted octanol–water partition coefficient (Wildman–Crippen LogP) is 2.50. The lowest BCUT2D eigenvalue weighted by Crippen LogP contribution is -2.42. The first-order chi connectivity index (χ1) is 13.4. The van der Waals surface area contributed by atoms with Crippen LogP contribution < -0.4 is 16.4 Å². The summed E-state index contributed by atoms with van der Waals surface area (Å²) in [7, 11) is 0. The fourth-order valence-electron chi connectivity index (χ4n) is 3.12. The van der Waals surface area contributed by atoms with Crippen LogP contribution in [0.3, 0.4) is 0 Å². The van der Waals surface area contributed by atoms with E-state index in [1.807, 2.05) is 26.8 Å². The molecule has 0 bridgehead atoms. The number of rotatable bonds is 4. The molecule has 0 saturated carbocycles. The highest BCUT2D eigenvalue weighted by Gasteiger charge is 2.17. The standard InChI is InChI=1S/C21H22N4O3/c1-4-9-25-21(28)17-8-6-5-7-16(17)18(24-25)20(27)23-22-19(26)15-11-13(2)10-14(3)12-15/h5-8,10-12H,4,9H2,1-3H3,(H,22,26)(H,23,27). The Morgan fingerprint density at radius 3 is 2.21 bits per heavy atom. The average Bonchev–Trinajstić information content (AvgIpc) is 2.67. The molecule has 28 heavy (non-hydrogen) atoms. The molecule has 0 aliphatic heterocycles. The number of nitrogens with zero attached hydrogens (tertiary/aromatic N) is 2. The van der Waals surface area contributed by atoms with Gasteiger partial charge < -0.3 is 0 Å². The third-order valence-corrected chi connectivity index (χ3v) is 4.29. The maximum atomic E-state index is 12.7. The van der Waals surface area contributed by atoms with E-state index in [1.165, 1.54) is 4.68 Å². The van der Waals surface area contributed by atoms with Gasteiger partial charge in [0.15, 0.2) is 5.69 Å². The molecule has 7 nitrogen and oxygen atoms in total. The zero-order valence-electron chi connectivity index (χ0n) is 16.1. The lowest BCUT2D eigenvalue weighted by molar-refractivity contribution is 0.0843. The van der Waals surface area contributed by atoms with Gasteiger partial charge in [0, 0.05) is 17.5 Å². The highest BCUT2D eigenvalue weighted by atomic mass is 16.2. The smallest absolute Gasteiger partial charge is 0.267 e. The van der Waals surface area contributed by atoms with Crippen LogP contribution in [0.5, 0.6) is 0 Å². The van der Waals surface area contributed by atoms with Crippen LogP contribution in [0.1, 0.15) is 45.3 Å². The molecule has 0 spiro atoms. The minimum Gasteiger partial charge on any atom is -0.267 e. The lowest BCUT2D eigenvalue weighted by atomic mass is 10.1. The fourth-order valence-corrected chi connectivity index (χ4v) is 3.12. The predicted molar refractivity (Wildman–Crippen MR) is 107 cm³/mol. The van der Waals surface area contributed by atoms with Crippen LogP contribution in [0.15, 0.2) is 47.3 Å². The van der Waals surface area contributed by atoms with Crippen LogP contribution in [0.25, 0.3) is 10.8 Å². The number of aryl methyl sites for hydroxylation is 3. The number of benzene rings is 2. The van der Waals surface area contributed by atoms with Crippen molar-refractivity contribution in [1.29, 1.82) is 0 Å². The Hall–Kier alpha value is -3.48. The Labute approximate surface area is 162 Å². The lowest BCUT2D eigenvalue weighted by Gasteiger charge is -2.12. The number of nitrogens with one attached hydrogen (secondary N) is 2. The first-order valence-corrected chi connectivity index (χ1v) is 9.09. The SMILES string of the molecule is CCCn1nc(C(=O)NNC(=O)c2cc(C)cc(C)c2)c2ccccc2c1=O. The van der Waals surface area contributed by atoms with Crippen molar-refractivity contribution < 1.29 is 9.59 Å². The van der Waals surface area contributed by atoms with Crippen molar-refractivity contribution >= 4 is 22.6 Å². The third kappa shape index (κ3) is 3.93. The fraction of sp³-hybridized carbons (Fsp3) is 0.238. The summed E-state index contributed by atoms with van der Waals surface area (Å²) in [4.78, 5) is 37.6. The number of hydrazine groups is 1. The van der Waals surface area contributed by atoms with Crippen molar-refractivity contribution in [2.75, 3.05) is 0 Å². The van der Waals surface area contributed by atoms with Crippen molar-refractivity contribution in [3.05, 3.63) is 75.2 Å². The van der Waals surface area contributed by atoms with Gasteiger partial charge in [-0.25, -0.2) is 4.68 Å². The molecule has 3 rings (SSSR count). The highest BCUT2D eigenvalue weighted by molar-refractivity contribution is 6.06. The minimum atomic E-state index is -0.584. The van der Waals surface area contributed by atoms with Gasteiger partial charge in [0.1, 0.15) is 0 Å². The number of amides is 2. The van der Waals surface area contributed by atoms with Crippen LogP contribution in [-0.4, -0.2) is 21.6 Å². The number of carbonyl (C=O) groups is 2. The second kappa shape index (κ2) is 8.04. The molecule has 0 unspecified atom stereocenters. The first kappa shape index (κ1) is 19.3. The quantitative estimate of drug-likeness (QED) is 0.682. The van der Waals surface area contributed by atoms with E-state index in [9.17, 15) is 14.4 Å². The zero-order chi connectivity index (χ0) is 20.3. The Kier molecular flexibility index (Phi) is 5.54. The zero-order valence-corrected chi connectivity index (χ0v) is 16.1. The number of carbonyl (C=O) groups excluding carboxylic acids is 2. The Morgan fingerprint density at radius 1 is 0.964 bits per heavy atom. The van der Waals surface area contributed by atoms with E-state index >= 15 is 0 Å². The van der Waals surface area contributed by atoms with Crippen LogP contribution in [0, 0.1) is 13.8 Å². The van der Waals surface area contributed by atoms with Gasteiger partial charge in [-0.15, -0.1) is 0 Å². The Morgan fingerprint density at radius 2 is 1.57 bits per heavy atom. The van der Waals surface area contributed by atoms with Gasteiger partial charge in [-0.1, -0.05) is 42.3 Å². The van der Waals surface area contributed by atoms with E-state index in [2.05, 4.69) is 16.0 Å². The molecule has 3 aromatic rings. The van der Waals surface area contributed by atoms with Crippen molar-refractivity contribution in [2.24, 2.45) is 0 Å². The topological polar surface area (TPSA) is 93.1 Å². The van der Waals surface area contributed by atoms with Crippen molar-refractivity contribution in [2.45, 2.75) is 33.7 Å². The summed E-state index contributed by atoms with van der Waals surface area (Å²) >= 11 is 0. The molecule has 0 radical (unpaired) electrons. The summed E-state index contributed by atoms with van der Waals surface area (Å²) < 4.78 is 1.28. The molecular formula is C21H22N4O3. The number of hydrogen-bond acceptors (Lipinski definition) is 4. The molecule has 1 heterocycles. The van der Waals surface area contributed by atoms with Crippen molar-refractivity contribution in [1.82, 2.24) is 20.6 Å². The van der Waals surface area contributed by atoms with Gasteiger partial charge in [-0.3, -0.25) is 25.2 Å². The second-order valence-electron chi connectivity index (χ2n) is 6.71. The Bertz CT molecular complexity index is 1100. The van der Waals surface area contributed by atoms with Crippen LogP contribution in [0.2, 0.25) is 0 Å². The van der Waals surface area contributed by atoms with E-state index in [1.54, 1.807) is 36.4 Å². The van der Waals surface area contributed by atoms with Gasteiger partial charge in [0.2, 0.25) is 0 Å². The van der Waals surface area contributed by atoms with E-state index in [0.29, 0.717) is 29.3 Å². The summed E-state index contributed by atoms with van der Waals surface area (Å²) in [5.41, 5.74) is 7.02. The molecular weight excluding hydrogens is 356 g/mol. The van der Waals surface area contributed by atoms with E-state index in [0.717, 1.165) is 11.1 Å². The van der Waals surface area contributed by atoms with E-state index in [-0.39, 0.29) is 11.3 Å². The first-order valence-electron chi connectivity index (χ1n) is 9.09. The van der Waals surface area contributed by atoms with Gasteiger partial charge in [-0.05, 0) is 38.5 Å². The molecule has 1 aromatic heterocycles. The number of fused-ring (bicyclic) bond motifs is 1. The molecule has 0 aliphatic carbocycles. The third-order valence-electron chi connectivity index (χ3n) is 4.29. The number of hydrogen-bond donors (Lipinski definition) is 2. The average molecular weight is 378 g/mol. The van der Waals surface area contributed by atoms with E-state index in [4.69, 9.17) is 0 Å². The summed E-state index contributed by atoms with van der Waals surface area (Å²) in [6.07, 6.45) is 0.704. The molecule has 7 heteroatoms.